The van der Waals surface area contributed by atoms with Gasteiger partial charge in [-0.05, 0) is 88.6 Å². The third kappa shape index (κ3) is 17.3. The molecule has 1 aromatic heterocycles. The minimum atomic E-state index is -1.69. The molecule has 0 N–H and O–H groups in total. The van der Waals surface area contributed by atoms with Crippen molar-refractivity contribution in [1.29, 1.82) is 0 Å². The van der Waals surface area contributed by atoms with Crippen LogP contribution in [0.2, 0.25) is 5.28 Å². The van der Waals surface area contributed by atoms with Gasteiger partial charge in [0, 0.05) is 49.8 Å². The van der Waals surface area contributed by atoms with Gasteiger partial charge in [0.05, 0.1) is 5.69 Å². The number of pyridine rings is 1. The second kappa shape index (κ2) is 31.8. The van der Waals surface area contributed by atoms with Crippen LogP contribution >= 0.6 is 0 Å². The summed E-state index contributed by atoms with van der Waals surface area (Å²) in [5.41, 5.74) is 10.9. The molecule has 0 spiro atoms. The first-order valence-corrected chi connectivity index (χ1v) is 28.7. The molecule has 5 rings (SSSR count). The van der Waals surface area contributed by atoms with Gasteiger partial charge in [-0.1, -0.05) is 248 Å². The maximum absolute atomic E-state index is 6.87. The van der Waals surface area contributed by atoms with Crippen LogP contribution in [0.25, 0.3) is 27.3 Å². The molecule has 0 radical (unpaired) electrons. The van der Waals surface area contributed by atoms with Crippen molar-refractivity contribution in [3.8, 4) is 11.3 Å². The average Bonchev–Trinajstić information content (AvgIpc) is 3.34. The molecule has 0 fully saturated rings. The molecule has 376 valence electrons. The molecule has 0 bridgehead atoms. The zero-order chi connectivity index (χ0) is 48.3. The van der Waals surface area contributed by atoms with Crippen LogP contribution in [0.15, 0.2) is 97.1 Å². The Kier molecular flexibility index (Phi) is 28.0. The first kappa shape index (κ1) is 60.7. The fourth-order valence-electron chi connectivity index (χ4n) is 10.1. The summed E-state index contributed by atoms with van der Waals surface area (Å²) in [5, 5.41) is 9.28. The molecule has 5 aromatic rings. The van der Waals surface area contributed by atoms with Crippen LogP contribution in [0, 0.1) is 38.0 Å². The number of aryl methyl sites for hydroxylation is 2. The largest absolute Gasteiger partial charge is 0.674 e. The molecular weight excluding hydrogens is 1020 g/mol. The first-order chi connectivity index (χ1) is 32.4. The number of para-hydroxylation sites is 1. The molecule has 0 saturated heterocycles. The van der Waals surface area contributed by atoms with Gasteiger partial charge in [-0.2, -0.15) is 0 Å². The van der Waals surface area contributed by atoms with E-state index in [0.29, 0.717) is 29.6 Å². The predicted molar refractivity (Wildman–Crippen MR) is 298 cm³/mol. The number of hydrogen-bond donors (Lipinski definition) is 0. The van der Waals surface area contributed by atoms with E-state index >= 15 is 0 Å². The maximum atomic E-state index is 6.87. The van der Waals surface area contributed by atoms with Gasteiger partial charge in [0.1, 0.15) is 0 Å². The fraction of sp³-hybridized carbons (Fsp3) is 0.540. The second-order valence-electron chi connectivity index (χ2n) is 20.6. The number of fused-ring (bicyclic) bond motifs is 1. The summed E-state index contributed by atoms with van der Waals surface area (Å²) in [5.74, 6) is 2.88. The summed E-state index contributed by atoms with van der Waals surface area (Å²) in [7, 11) is 0. The van der Waals surface area contributed by atoms with Crippen molar-refractivity contribution in [3.05, 3.63) is 150 Å². The van der Waals surface area contributed by atoms with Gasteiger partial charge in [-0.15, -0.1) is 11.6 Å². The number of unbranched alkanes of at least 4 members (excludes halogenated alkanes) is 6. The zero-order valence-electron chi connectivity index (χ0n) is 45.5. The van der Waals surface area contributed by atoms with Crippen LogP contribution in [0.1, 0.15) is 198 Å². The summed E-state index contributed by atoms with van der Waals surface area (Å²) in [6, 6.07) is 35.5. The molecule has 0 saturated carbocycles. The Balaban J connectivity index is 0.00000630. The Morgan fingerprint density at radius 1 is 0.638 bits per heavy atom. The van der Waals surface area contributed by atoms with Crippen LogP contribution in [0.5, 0.6) is 0 Å². The van der Waals surface area contributed by atoms with Crippen molar-refractivity contribution in [3.63, 3.8) is 0 Å². The summed E-state index contributed by atoms with van der Waals surface area (Å²) in [6.07, 6.45) is 15.3. The number of hydrogen-bond acceptors (Lipinski definition) is 3. The van der Waals surface area contributed by atoms with Crippen molar-refractivity contribution in [1.82, 2.24) is 4.98 Å². The van der Waals surface area contributed by atoms with E-state index in [4.69, 9.17) is 24.8 Å². The number of benzene rings is 4. The molecule has 0 amide bonds. The van der Waals surface area contributed by atoms with E-state index in [9.17, 15) is 0 Å². The Morgan fingerprint density at radius 2 is 1.26 bits per heavy atom. The third-order valence-electron chi connectivity index (χ3n) is 14.9. The standard InChI is InChI=1S/C48H59N2O.C12H25O.C2H5.CH3.Al.Hf/c1-6-21-37-24-15-17-28-43(37)48(50-47-39(22-7-2)26-19-29-40(47)35(3)4)45-31-20-30-44(49-45)46-41(33-32-38-25-14-16-27-42(38)46)36(5)23-13-11-9-8-10-12-18-34-51;1-7-9(4)11(6)12(13)10(5)8(2)3;1-2;;;/h14-17,19-20,24-33,35-36,48H,5-13,18,21-23,34H2,1-4H3;8-12H,7H2,1-6H3;1H2,2H3;1H3;;/q-3;-1;;-1;+2;. The Labute approximate surface area is 447 Å². The minimum Gasteiger partial charge on any atom is -0.673 e. The van der Waals surface area contributed by atoms with E-state index in [0.717, 1.165) is 67.5 Å². The van der Waals surface area contributed by atoms with Crippen molar-refractivity contribution < 1.29 is 33.4 Å². The first-order valence-electron chi connectivity index (χ1n) is 26.9. The van der Waals surface area contributed by atoms with Gasteiger partial charge in [-0.3, -0.25) is 4.98 Å². The Morgan fingerprint density at radius 3 is 1.94 bits per heavy atom. The van der Waals surface area contributed by atoms with E-state index in [1.54, 1.807) is 0 Å². The molecule has 69 heavy (non-hydrogen) atoms. The second-order valence-corrected chi connectivity index (χ2v) is 22.8. The predicted octanol–water partition coefficient (Wildman–Crippen LogP) is 19.1. The van der Waals surface area contributed by atoms with Gasteiger partial charge >= 0.3 is 14.8 Å². The summed E-state index contributed by atoms with van der Waals surface area (Å²) < 4.78 is 13.4. The molecule has 0 aliphatic rings. The maximum Gasteiger partial charge on any atom is 0.674 e. The molecule has 4 aromatic carbocycles. The molecule has 0 aliphatic carbocycles. The van der Waals surface area contributed by atoms with Crippen molar-refractivity contribution in [2.24, 2.45) is 23.7 Å². The van der Waals surface area contributed by atoms with Gasteiger partial charge in [0.2, 0.25) is 0 Å². The normalized spacial score (nSPS) is 14.2. The van der Waals surface area contributed by atoms with Crippen molar-refractivity contribution in [2.45, 2.75) is 189 Å². The zero-order valence-corrected chi connectivity index (χ0v) is 50.2. The van der Waals surface area contributed by atoms with E-state index in [2.05, 4.69) is 173 Å². The summed E-state index contributed by atoms with van der Waals surface area (Å²) in [6.45, 7) is 31.2. The van der Waals surface area contributed by atoms with Crippen molar-refractivity contribution in [2.75, 3.05) is 6.61 Å². The van der Waals surface area contributed by atoms with Crippen LogP contribution in [0.4, 0.5) is 5.69 Å². The third-order valence-corrected chi connectivity index (χ3v) is 16.8. The van der Waals surface area contributed by atoms with Crippen LogP contribution < -0.4 is 0 Å². The topological polar surface area (TPSA) is 45.5 Å². The quantitative estimate of drug-likeness (QED) is 0.0261. The molecule has 0 aliphatic heterocycles. The van der Waals surface area contributed by atoms with Gasteiger partial charge < -0.3 is 27.2 Å². The number of rotatable bonds is 30. The van der Waals surface area contributed by atoms with E-state index in [1.165, 1.54) is 89.1 Å². The van der Waals surface area contributed by atoms with Crippen molar-refractivity contribution >= 4 is 31.3 Å². The van der Waals surface area contributed by atoms with Gasteiger partial charge in [-0.25, -0.2) is 0 Å². The number of nitrogens with zero attached hydrogens (tertiary/aromatic N) is 2. The summed E-state index contributed by atoms with van der Waals surface area (Å²) >= 11 is -1.69. The van der Waals surface area contributed by atoms with E-state index < -0.39 is 14.8 Å². The minimum absolute atomic E-state index is 0. The van der Waals surface area contributed by atoms with Crippen LogP contribution in [0.3, 0.4) is 0 Å². The van der Waals surface area contributed by atoms with Gasteiger partial charge in [0.15, 0.2) is 0 Å². The van der Waals surface area contributed by atoms with Gasteiger partial charge in [0.25, 0.3) is 0 Å². The Hall–Kier alpha value is -2.59. The number of aromatic nitrogens is 1. The monoisotopic (exact) mass is 1120 g/mol. The van der Waals surface area contributed by atoms with E-state index in [1.807, 2.05) is 0 Å². The average molecular weight is 1110 g/mol. The van der Waals surface area contributed by atoms with E-state index in [-0.39, 0.29) is 51.3 Å². The molecule has 6 atom stereocenters. The molecular formula is C63H92AlHfN2O2-3. The van der Waals surface area contributed by atoms with Crippen LogP contribution in [-0.2, 0) is 46.3 Å². The molecule has 6 heteroatoms. The smallest absolute Gasteiger partial charge is 0.673 e. The summed E-state index contributed by atoms with van der Waals surface area (Å²) in [4.78, 5) is 5.63. The molecule has 6 unspecified atom stereocenters. The molecule has 4 nitrogen and oxygen atoms in total. The van der Waals surface area contributed by atoms with Crippen LogP contribution in [-0.4, -0.2) is 32.5 Å². The SMILES string of the molecule is [CH2-]C(CCCCCCCCC[O][Al]([CH2]C)[O]C(C(C)C(C)C)C(C)C(C)CC)c1ccc2ccccc2c1-c1cccc(C([N-]c2c(CCC)cccc2C(C)C)c2ccccc2CCC)n1.[CH3-].[Hf]. The Bertz CT molecular complexity index is 2210. The fourth-order valence-corrected chi connectivity index (χ4v) is 11.8. The molecule has 1 heterocycles.